The fourth-order valence-electron chi connectivity index (χ4n) is 2.14. The summed E-state index contributed by atoms with van der Waals surface area (Å²) in [4.78, 5) is 10.8. The molecule has 0 aromatic carbocycles. The van der Waals surface area contributed by atoms with E-state index in [0.717, 1.165) is 24.6 Å². The molecule has 1 fully saturated rings. The van der Waals surface area contributed by atoms with Gasteiger partial charge in [0.2, 0.25) is 0 Å². The van der Waals surface area contributed by atoms with Gasteiger partial charge in [0.15, 0.2) is 5.82 Å². The summed E-state index contributed by atoms with van der Waals surface area (Å²) in [6, 6.07) is 4.12. The van der Waals surface area contributed by atoms with Crippen LogP contribution in [0, 0.1) is 6.92 Å². The zero-order valence-corrected chi connectivity index (χ0v) is 12.1. The highest BCUT2D eigenvalue weighted by Gasteiger charge is 2.15. The van der Waals surface area contributed by atoms with Crippen LogP contribution in [0.3, 0.4) is 0 Å². The number of methoxy groups -OCH3 is 1. The summed E-state index contributed by atoms with van der Waals surface area (Å²) in [5, 5.41) is 10.2. The Kier molecular flexibility index (Phi) is 3.87. The highest BCUT2D eigenvalue weighted by molar-refractivity contribution is 5.57. The van der Waals surface area contributed by atoms with E-state index in [4.69, 9.17) is 9.47 Å². The molecule has 0 spiro atoms. The first kappa shape index (κ1) is 13.6. The van der Waals surface area contributed by atoms with Crippen LogP contribution in [0.4, 0.5) is 17.5 Å². The van der Waals surface area contributed by atoms with Crippen molar-refractivity contribution in [2.75, 3.05) is 43.6 Å². The SMILES string of the molecule is COc1nc(Nc2cc(C)[nH]n2)cc(N2CCOCC2)n1. The van der Waals surface area contributed by atoms with Gasteiger partial charge in [-0.15, -0.1) is 0 Å². The monoisotopic (exact) mass is 290 g/mol. The van der Waals surface area contributed by atoms with Gasteiger partial charge in [0.1, 0.15) is 11.6 Å². The van der Waals surface area contributed by atoms with Crippen LogP contribution >= 0.6 is 0 Å². The van der Waals surface area contributed by atoms with Gasteiger partial charge in [-0.25, -0.2) is 0 Å². The van der Waals surface area contributed by atoms with E-state index < -0.39 is 0 Å². The van der Waals surface area contributed by atoms with Crippen LogP contribution in [0.15, 0.2) is 12.1 Å². The molecule has 0 radical (unpaired) electrons. The molecule has 0 saturated carbocycles. The minimum atomic E-state index is 0.328. The maximum Gasteiger partial charge on any atom is 0.320 e. The lowest BCUT2D eigenvalue weighted by Gasteiger charge is -2.28. The Morgan fingerprint density at radius 3 is 2.71 bits per heavy atom. The molecule has 8 nitrogen and oxygen atoms in total. The highest BCUT2D eigenvalue weighted by Crippen LogP contribution is 2.22. The number of hydrogen-bond acceptors (Lipinski definition) is 7. The van der Waals surface area contributed by atoms with E-state index in [2.05, 4.69) is 30.4 Å². The van der Waals surface area contributed by atoms with Crippen molar-refractivity contribution < 1.29 is 9.47 Å². The van der Waals surface area contributed by atoms with Crippen LogP contribution in [0.1, 0.15) is 5.69 Å². The standard InChI is InChI=1S/C13H18N6O2/c1-9-7-11(18-17-9)14-10-8-12(16-13(15-10)20-2)19-3-5-21-6-4-19/h7-8H,3-6H2,1-2H3,(H2,14,15,16,17,18). The van der Waals surface area contributed by atoms with Gasteiger partial charge in [-0.2, -0.15) is 15.1 Å². The van der Waals surface area contributed by atoms with Crippen molar-refractivity contribution >= 4 is 17.5 Å². The number of anilines is 3. The molecule has 1 aliphatic rings. The third kappa shape index (κ3) is 3.22. The van der Waals surface area contributed by atoms with E-state index in [1.54, 1.807) is 7.11 Å². The van der Waals surface area contributed by atoms with E-state index in [9.17, 15) is 0 Å². The van der Waals surface area contributed by atoms with Gasteiger partial charge >= 0.3 is 6.01 Å². The van der Waals surface area contributed by atoms with Crippen molar-refractivity contribution in [3.63, 3.8) is 0 Å². The van der Waals surface area contributed by atoms with Crippen molar-refractivity contribution in [2.45, 2.75) is 6.92 Å². The topological polar surface area (TPSA) is 88.2 Å². The predicted molar refractivity (Wildman–Crippen MR) is 78.2 cm³/mol. The second kappa shape index (κ2) is 5.96. The van der Waals surface area contributed by atoms with Crippen molar-refractivity contribution in [3.05, 3.63) is 17.8 Å². The van der Waals surface area contributed by atoms with Gasteiger partial charge < -0.3 is 19.7 Å². The number of rotatable bonds is 4. The lowest BCUT2D eigenvalue weighted by atomic mass is 10.4. The first-order valence-corrected chi connectivity index (χ1v) is 6.79. The summed E-state index contributed by atoms with van der Waals surface area (Å²) in [5.74, 6) is 2.18. The molecular formula is C13H18N6O2. The first-order valence-electron chi connectivity index (χ1n) is 6.79. The Balaban J connectivity index is 1.85. The summed E-state index contributed by atoms with van der Waals surface area (Å²) in [7, 11) is 1.56. The van der Waals surface area contributed by atoms with Crippen LogP contribution in [-0.2, 0) is 4.74 Å². The van der Waals surface area contributed by atoms with Crippen molar-refractivity contribution in [2.24, 2.45) is 0 Å². The average Bonchev–Trinajstić information content (AvgIpc) is 2.93. The molecule has 1 aliphatic heterocycles. The molecule has 0 unspecified atom stereocenters. The minimum absolute atomic E-state index is 0.328. The second-order valence-electron chi connectivity index (χ2n) is 4.76. The van der Waals surface area contributed by atoms with Gasteiger partial charge in [0.25, 0.3) is 0 Å². The first-order chi connectivity index (χ1) is 10.2. The molecule has 0 atom stereocenters. The third-order valence-corrected chi connectivity index (χ3v) is 3.17. The van der Waals surface area contributed by atoms with Crippen molar-refractivity contribution in [3.8, 4) is 6.01 Å². The van der Waals surface area contributed by atoms with E-state index in [0.29, 0.717) is 30.9 Å². The maximum absolute atomic E-state index is 5.36. The number of H-pyrrole nitrogens is 1. The lowest BCUT2D eigenvalue weighted by molar-refractivity contribution is 0.122. The predicted octanol–water partition coefficient (Wildman–Crippen LogP) is 1.10. The zero-order valence-electron chi connectivity index (χ0n) is 12.1. The zero-order chi connectivity index (χ0) is 14.7. The Labute approximate surface area is 122 Å². The summed E-state index contributed by atoms with van der Waals surface area (Å²) in [6.45, 7) is 4.96. The van der Waals surface area contributed by atoms with Crippen molar-refractivity contribution in [1.29, 1.82) is 0 Å². The lowest BCUT2D eigenvalue weighted by Crippen LogP contribution is -2.36. The molecule has 0 bridgehead atoms. The molecule has 112 valence electrons. The Morgan fingerprint density at radius 1 is 1.24 bits per heavy atom. The van der Waals surface area contributed by atoms with Gasteiger partial charge in [-0.3, -0.25) is 5.10 Å². The quantitative estimate of drug-likeness (QED) is 0.871. The number of aryl methyl sites for hydroxylation is 1. The van der Waals surface area contributed by atoms with Gasteiger partial charge in [0.05, 0.1) is 20.3 Å². The molecular weight excluding hydrogens is 272 g/mol. The maximum atomic E-state index is 5.36. The molecule has 8 heteroatoms. The van der Waals surface area contributed by atoms with Gasteiger partial charge in [-0.1, -0.05) is 0 Å². The normalized spacial score (nSPS) is 15.0. The Hall–Kier alpha value is -2.35. The summed E-state index contributed by atoms with van der Waals surface area (Å²) >= 11 is 0. The molecule has 2 N–H and O–H groups in total. The van der Waals surface area contributed by atoms with Gasteiger partial charge in [-0.05, 0) is 6.92 Å². The Morgan fingerprint density at radius 2 is 2.05 bits per heavy atom. The number of ether oxygens (including phenoxy) is 2. The van der Waals surface area contributed by atoms with Crippen LogP contribution in [0.2, 0.25) is 0 Å². The molecule has 2 aromatic rings. The number of nitrogens with zero attached hydrogens (tertiary/aromatic N) is 4. The van der Waals surface area contributed by atoms with Crippen LogP contribution in [0.5, 0.6) is 6.01 Å². The Bertz CT molecular complexity index is 608. The minimum Gasteiger partial charge on any atom is -0.467 e. The fraction of sp³-hybridized carbons (Fsp3) is 0.462. The smallest absolute Gasteiger partial charge is 0.320 e. The van der Waals surface area contributed by atoms with E-state index in [1.807, 2.05) is 19.1 Å². The molecule has 0 amide bonds. The fourth-order valence-corrected chi connectivity index (χ4v) is 2.14. The molecule has 3 heterocycles. The van der Waals surface area contributed by atoms with Crippen LogP contribution in [-0.4, -0.2) is 53.6 Å². The molecule has 0 aliphatic carbocycles. The second-order valence-corrected chi connectivity index (χ2v) is 4.76. The molecule has 21 heavy (non-hydrogen) atoms. The highest BCUT2D eigenvalue weighted by atomic mass is 16.5. The van der Waals surface area contributed by atoms with Gasteiger partial charge in [0, 0.05) is 30.9 Å². The molecule has 2 aromatic heterocycles. The molecule has 3 rings (SSSR count). The number of morpholine rings is 1. The number of aromatic nitrogens is 4. The summed E-state index contributed by atoms with van der Waals surface area (Å²) < 4.78 is 10.5. The third-order valence-electron chi connectivity index (χ3n) is 3.17. The summed E-state index contributed by atoms with van der Waals surface area (Å²) in [5.41, 5.74) is 0.979. The summed E-state index contributed by atoms with van der Waals surface area (Å²) in [6.07, 6.45) is 0. The molecule has 1 saturated heterocycles. The van der Waals surface area contributed by atoms with E-state index in [-0.39, 0.29) is 0 Å². The number of aromatic amines is 1. The number of nitrogens with one attached hydrogen (secondary N) is 2. The average molecular weight is 290 g/mol. The van der Waals surface area contributed by atoms with E-state index >= 15 is 0 Å². The van der Waals surface area contributed by atoms with Crippen LogP contribution < -0.4 is 15.0 Å². The largest absolute Gasteiger partial charge is 0.467 e. The van der Waals surface area contributed by atoms with E-state index in [1.165, 1.54) is 0 Å². The van der Waals surface area contributed by atoms with Crippen molar-refractivity contribution in [1.82, 2.24) is 20.2 Å². The van der Waals surface area contributed by atoms with Crippen LogP contribution in [0.25, 0.3) is 0 Å². The number of hydrogen-bond donors (Lipinski definition) is 2.